The van der Waals surface area contributed by atoms with E-state index in [1.807, 2.05) is 4.90 Å². The van der Waals surface area contributed by atoms with Crippen molar-refractivity contribution < 1.29 is 9.18 Å². The number of carbonyl (C=O) groups excluding carboxylic acids is 1. The van der Waals surface area contributed by atoms with Crippen LogP contribution in [0.4, 0.5) is 4.39 Å². The topological polar surface area (TPSA) is 45.2 Å². The highest BCUT2D eigenvalue weighted by molar-refractivity contribution is 5.94. The summed E-state index contributed by atoms with van der Waals surface area (Å²) in [7, 11) is 0. The molecule has 3 rings (SSSR count). The third-order valence-electron chi connectivity index (χ3n) is 4.35. The van der Waals surface area contributed by atoms with Gasteiger partial charge in [-0.1, -0.05) is 6.92 Å². The van der Waals surface area contributed by atoms with Gasteiger partial charge in [-0.3, -0.25) is 9.78 Å². The van der Waals surface area contributed by atoms with Gasteiger partial charge >= 0.3 is 0 Å². The van der Waals surface area contributed by atoms with Crippen molar-refractivity contribution in [2.45, 2.75) is 19.4 Å². The summed E-state index contributed by atoms with van der Waals surface area (Å²) >= 11 is 0. The Morgan fingerprint density at radius 2 is 2.37 bits per heavy atom. The zero-order valence-corrected chi connectivity index (χ0v) is 11.0. The summed E-state index contributed by atoms with van der Waals surface area (Å²) in [5.74, 6) is 0.527. The van der Waals surface area contributed by atoms with Crippen LogP contribution in [-0.2, 0) is 0 Å². The van der Waals surface area contributed by atoms with Gasteiger partial charge in [0.2, 0.25) is 0 Å². The van der Waals surface area contributed by atoms with Gasteiger partial charge in [-0.25, -0.2) is 4.39 Å². The van der Waals surface area contributed by atoms with Gasteiger partial charge in [0, 0.05) is 31.9 Å². The molecule has 2 aliphatic rings. The molecular formula is C14H18FN3O. The van der Waals surface area contributed by atoms with Gasteiger partial charge in [0.05, 0.1) is 11.8 Å². The van der Waals surface area contributed by atoms with Crippen LogP contribution < -0.4 is 5.32 Å². The van der Waals surface area contributed by atoms with Gasteiger partial charge in [0.1, 0.15) is 5.82 Å². The Balaban J connectivity index is 1.84. The molecule has 3 heterocycles. The number of carbonyl (C=O) groups is 1. The van der Waals surface area contributed by atoms with Crippen LogP contribution in [0, 0.1) is 17.7 Å². The Kier molecular flexibility index (Phi) is 3.22. The standard InChI is InChI=1S/C14H18FN3O/c1-2-13-12-7-17-5-10(12)8-18(13)14(19)9-3-11(15)6-16-4-9/h3-4,6,10,12-13,17H,2,5,7-8H2,1H3. The Hall–Kier alpha value is -1.49. The maximum atomic E-state index is 13.2. The largest absolute Gasteiger partial charge is 0.335 e. The molecule has 0 saturated carbocycles. The molecule has 102 valence electrons. The maximum absolute atomic E-state index is 13.2. The number of likely N-dealkylation sites (tertiary alicyclic amines) is 1. The van der Waals surface area contributed by atoms with E-state index in [0.717, 1.165) is 32.3 Å². The molecule has 0 spiro atoms. The molecule has 2 aliphatic heterocycles. The average molecular weight is 263 g/mol. The van der Waals surface area contributed by atoms with E-state index in [-0.39, 0.29) is 11.9 Å². The maximum Gasteiger partial charge on any atom is 0.255 e. The molecule has 0 bridgehead atoms. The number of hydrogen-bond acceptors (Lipinski definition) is 3. The lowest BCUT2D eigenvalue weighted by Crippen LogP contribution is -2.39. The number of nitrogens with one attached hydrogen (secondary N) is 1. The Morgan fingerprint density at radius 3 is 3.11 bits per heavy atom. The molecule has 0 radical (unpaired) electrons. The lowest BCUT2D eigenvalue weighted by molar-refractivity contribution is 0.0710. The number of rotatable bonds is 2. The summed E-state index contributed by atoms with van der Waals surface area (Å²) < 4.78 is 13.2. The van der Waals surface area contributed by atoms with E-state index in [4.69, 9.17) is 0 Å². The quantitative estimate of drug-likeness (QED) is 0.874. The van der Waals surface area contributed by atoms with Crippen molar-refractivity contribution in [1.29, 1.82) is 0 Å². The van der Waals surface area contributed by atoms with E-state index in [0.29, 0.717) is 17.4 Å². The monoisotopic (exact) mass is 263 g/mol. The minimum atomic E-state index is -0.458. The molecule has 1 aromatic rings. The smallest absolute Gasteiger partial charge is 0.255 e. The van der Waals surface area contributed by atoms with Crippen LogP contribution in [0.2, 0.25) is 0 Å². The van der Waals surface area contributed by atoms with Crippen molar-refractivity contribution in [3.05, 3.63) is 29.8 Å². The highest BCUT2D eigenvalue weighted by Gasteiger charge is 2.45. The fourth-order valence-electron chi connectivity index (χ4n) is 3.47. The van der Waals surface area contributed by atoms with Gasteiger partial charge in [-0.05, 0) is 24.3 Å². The SMILES string of the molecule is CCC1C2CNCC2CN1C(=O)c1cncc(F)c1. The third kappa shape index (κ3) is 2.12. The summed E-state index contributed by atoms with van der Waals surface area (Å²) in [6.07, 6.45) is 3.51. The molecular weight excluding hydrogens is 245 g/mol. The van der Waals surface area contributed by atoms with E-state index in [1.165, 1.54) is 12.3 Å². The summed E-state index contributed by atoms with van der Waals surface area (Å²) in [5, 5.41) is 3.39. The first-order chi connectivity index (χ1) is 9.20. The molecule has 3 unspecified atom stereocenters. The van der Waals surface area contributed by atoms with Crippen molar-refractivity contribution >= 4 is 5.91 Å². The number of aromatic nitrogens is 1. The Morgan fingerprint density at radius 1 is 1.53 bits per heavy atom. The number of pyridine rings is 1. The van der Waals surface area contributed by atoms with Crippen molar-refractivity contribution in [2.75, 3.05) is 19.6 Å². The number of amides is 1. The molecule has 2 fully saturated rings. The Bertz CT molecular complexity index is 493. The van der Waals surface area contributed by atoms with Crippen molar-refractivity contribution in [2.24, 2.45) is 11.8 Å². The molecule has 4 nitrogen and oxygen atoms in total. The van der Waals surface area contributed by atoms with E-state index in [2.05, 4.69) is 17.2 Å². The molecule has 1 aromatic heterocycles. The van der Waals surface area contributed by atoms with Gasteiger partial charge in [-0.15, -0.1) is 0 Å². The second-order valence-electron chi connectivity index (χ2n) is 5.41. The van der Waals surface area contributed by atoms with Crippen molar-refractivity contribution in [3.63, 3.8) is 0 Å². The number of halogens is 1. The van der Waals surface area contributed by atoms with E-state index in [9.17, 15) is 9.18 Å². The lowest BCUT2D eigenvalue weighted by atomic mass is 9.93. The minimum Gasteiger partial charge on any atom is -0.335 e. The summed E-state index contributed by atoms with van der Waals surface area (Å²) in [4.78, 5) is 18.2. The van der Waals surface area contributed by atoms with Crippen LogP contribution in [0.25, 0.3) is 0 Å². The molecule has 19 heavy (non-hydrogen) atoms. The number of nitrogens with zero attached hydrogens (tertiary/aromatic N) is 2. The molecule has 2 saturated heterocycles. The second kappa shape index (κ2) is 4.89. The fourth-order valence-corrected chi connectivity index (χ4v) is 3.47. The number of hydrogen-bond donors (Lipinski definition) is 1. The van der Waals surface area contributed by atoms with Crippen LogP contribution in [0.15, 0.2) is 18.5 Å². The molecule has 0 aliphatic carbocycles. The summed E-state index contributed by atoms with van der Waals surface area (Å²) in [5.41, 5.74) is 0.353. The van der Waals surface area contributed by atoms with Crippen molar-refractivity contribution in [3.8, 4) is 0 Å². The normalized spacial score (nSPS) is 29.6. The minimum absolute atomic E-state index is 0.0896. The number of fused-ring (bicyclic) bond motifs is 1. The fraction of sp³-hybridized carbons (Fsp3) is 0.571. The zero-order chi connectivity index (χ0) is 13.4. The molecule has 5 heteroatoms. The summed E-state index contributed by atoms with van der Waals surface area (Å²) in [6.45, 7) is 4.84. The highest BCUT2D eigenvalue weighted by atomic mass is 19.1. The van der Waals surface area contributed by atoms with E-state index < -0.39 is 5.82 Å². The molecule has 1 N–H and O–H groups in total. The average Bonchev–Trinajstić information content (AvgIpc) is 2.97. The predicted octanol–water partition coefficient (Wildman–Crippen LogP) is 1.29. The zero-order valence-electron chi connectivity index (χ0n) is 11.0. The summed E-state index contributed by atoms with van der Waals surface area (Å²) in [6, 6.07) is 1.53. The van der Waals surface area contributed by atoms with Crippen LogP contribution in [0.1, 0.15) is 23.7 Å². The second-order valence-corrected chi connectivity index (χ2v) is 5.41. The van der Waals surface area contributed by atoms with E-state index in [1.54, 1.807) is 0 Å². The van der Waals surface area contributed by atoms with Gasteiger partial charge in [0.25, 0.3) is 5.91 Å². The van der Waals surface area contributed by atoms with E-state index >= 15 is 0 Å². The third-order valence-corrected chi connectivity index (χ3v) is 4.35. The van der Waals surface area contributed by atoms with Crippen LogP contribution in [0.5, 0.6) is 0 Å². The predicted molar refractivity (Wildman–Crippen MR) is 69.2 cm³/mol. The van der Waals surface area contributed by atoms with Crippen LogP contribution in [0.3, 0.4) is 0 Å². The van der Waals surface area contributed by atoms with Gasteiger partial charge in [-0.2, -0.15) is 0 Å². The van der Waals surface area contributed by atoms with Gasteiger partial charge < -0.3 is 10.2 Å². The van der Waals surface area contributed by atoms with Gasteiger partial charge in [0.15, 0.2) is 0 Å². The lowest BCUT2D eigenvalue weighted by Gasteiger charge is -2.26. The first-order valence-corrected chi connectivity index (χ1v) is 6.83. The molecule has 1 amide bonds. The van der Waals surface area contributed by atoms with Crippen LogP contribution >= 0.6 is 0 Å². The Labute approximate surface area is 112 Å². The molecule has 3 atom stereocenters. The first-order valence-electron chi connectivity index (χ1n) is 6.83. The molecule has 0 aromatic carbocycles. The van der Waals surface area contributed by atoms with Crippen molar-refractivity contribution in [1.82, 2.24) is 15.2 Å². The highest BCUT2D eigenvalue weighted by Crippen LogP contribution is 2.35. The first kappa shape index (κ1) is 12.5. The van der Waals surface area contributed by atoms with Crippen LogP contribution in [-0.4, -0.2) is 41.5 Å².